The zero-order valence-corrected chi connectivity index (χ0v) is 15.9. The van der Waals surface area contributed by atoms with E-state index in [0.29, 0.717) is 6.42 Å². The van der Waals surface area contributed by atoms with Gasteiger partial charge in [-0.15, -0.1) is 0 Å². The Morgan fingerprint density at radius 3 is 2.29 bits per heavy atom. The summed E-state index contributed by atoms with van der Waals surface area (Å²) in [6.45, 7) is 8.50. The van der Waals surface area contributed by atoms with E-state index in [4.69, 9.17) is 5.11 Å². The van der Waals surface area contributed by atoms with E-state index in [1.807, 2.05) is 31.2 Å². The third kappa shape index (κ3) is 12.8. The van der Waals surface area contributed by atoms with Crippen molar-refractivity contribution in [2.45, 2.75) is 53.0 Å². The normalized spacial score (nSPS) is 11.0. The van der Waals surface area contributed by atoms with Crippen LogP contribution in [0.1, 0.15) is 46.1 Å². The van der Waals surface area contributed by atoms with E-state index >= 15 is 0 Å². The fourth-order valence-electron chi connectivity index (χ4n) is 1.89. The molecule has 1 aromatic carbocycles. The van der Waals surface area contributed by atoms with Gasteiger partial charge in [-0.3, -0.25) is 4.79 Å². The molecule has 0 saturated heterocycles. The number of carbonyl (C=O) groups excluding carboxylic acids is 1. The lowest BCUT2D eigenvalue weighted by Crippen LogP contribution is -2.32. The van der Waals surface area contributed by atoms with E-state index in [0.717, 1.165) is 30.0 Å². The molecule has 0 aliphatic carbocycles. The summed E-state index contributed by atoms with van der Waals surface area (Å²) in [7, 11) is 0. The number of anilines is 1. The van der Waals surface area contributed by atoms with Gasteiger partial charge in [-0.1, -0.05) is 44.2 Å². The Bertz CT molecular complexity index is 478. The van der Waals surface area contributed by atoms with Gasteiger partial charge in [0, 0.05) is 31.0 Å². The predicted octanol–water partition coefficient (Wildman–Crippen LogP) is 4.38. The minimum Gasteiger partial charge on any atom is -0.465 e. The van der Waals surface area contributed by atoms with Crippen LogP contribution < -0.4 is 10.6 Å². The fourth-order valence-corrected chi connectivity index (χ4v) is 2.47. The molecule has 136 valence electrons. The van der Waals surface area contributed by atoms with Gasteiger partial charge in [0.2, 0.25) is 0 Å². The standard InChI is InChI=1S/C15H22N2O3S.C3H8/c1-11(17-15(19)20)10-13-4-6-14(7-5-13)16-8-3-9-21-12(2)18;1-3-2/h4-7,11,16-17H,3,8-10H2,1-2H3,(H,19,20);3H2,1-2H3. The van der Waals surface area contributed by atoms with Crippen LogP contribution in [0.2, 0.25) is 0 Å². The molecule has 0 radical (unpaired) electrons. The summed E-state index contributed by atoms with van der Waals surface area (Å²) in [5, 5.41) is 14.5. The molecule has 0 aromatic heterocycles. The molecule has 0 aliphatic heterocycles. The van der Waals surface area contributed by atoms with Crippen molar-refractivity contribution in [1.82, 2.24) is 5.32 Å². The minimum absolute atomic E-state index is 0.107. The van der Waals surface area contributed by atoms with Crippen LogP contribution in [0.4, 0.5) is 10.5 Å². The first-order valence-corrected chi connectivity index (χ1v) is 9.33. The molecule has 0 saturated carbocycles. The van der Waals surface area contributed by atoms with E-state index in [-0.39, 0.29) is 11.2 Å². The minimum atomic E-state index is -0.996. The smallest absolute Gasteiger partial charge is 0.404 e. The Balaban J connectivity index is 0.00000163. The number of amides is 1. The van der Waals surface area contributed by atoms with Crippen LogP contribution >= 0.6 is 11.8 Å². The topological polar surface area (TPSA) is 78.4 Å². The Morgan fingerprint density at radius 1 is 1.21 bits per heavy atom. The molecule has 0 fully saturated rings. The average molecular weight is 355 g/mol. The SMILES string of the molecule is CC(=O)SCCCNc1ccc(CC(C)NC(=O)O)cc1.CCC. The van der Waals surface area contributed by atoms with Crippen molar-refractivity contribution in [3.63, 3.8) is 0 Å². The van der Waals surface area contributed by atoms with Gasteiger partial charge < -0.3 is 15.7 Å². The molecule has 0 spiro atoms. The highest BCUT2D eigenvalue weighted by Gasteiger charge is 2.06. The van der Waals surface area contributed by atoms with Crippen LogP contribution in [0.25, 0.3) is 0 Å². The van der Waals surface area contributed by atoms with Crippen molar-refractivity contribution in [2.24, 2.45) is 0 Å². The molecule has 1 aromatic rings. The molecule has 1 amide bonds. The molecule has 5 nitrogen and oxygen atoms in total. The molecule has 24 heavy (non-hydrogen) atoms. The molecule has 0 aliphatic rings. The Morgan fingerprint density at radius 2 is 1.79 bits per heavy atom. The number of hydrogen-bond donors (Lipinski definition) is 3. The quantitative estimate of drug-likeness (QED) is 0.604. The molecule has 6 heteroatoms. The summed E-state index contributed by atoms with van der Waals surface area (Å²) in [6.07, 6.45) is 1.86. The molecule has 1 rings (SSSR count). The summed E-state index contributed by atoms with van der Waals surface area (Å²) in [4.78, 5) is 21.3. The monoisotopic (exact) mass is 354 g/mol. The number of carboxylic acid groups (broad SMARTS) is 1. The maximum Gasteiger partial charge on any atom is 0.404 e. The third-order valence-corrected chi connectivity index (χ3v) is 3.72. The summed E-state index contributed by atoms with van der Waals surface area (Å²) in [5.74, 6) is 0.832. The van der Waals surface area contributed by atoms with E-state index < -0.39 is 6.09 Å². The maximum absolute atomic E-state index is 10.8. The Kier molecular flexibility index (Phi) is 12.8. The van der Waals surface area contributed by atoms with Gasteiger partial charge in [0.15, 0.2) is 5.12 Å². The van der Waals surface area contributed by atoms with E-state index in [2.05, 4.69) is 24.5 Å². The van der Waals surface area contributed by atoms with Gasteiger partial charge in [-0.25, -0.2) is 4.79 Å². The van der Waals surface area contributed by atoms with Crippen LogP contribution in [-0.2, 0) is 11.2 Å². The molecule has 0 heterocycles. The predicted molar refractivity (Wildman–Crippen MR) is 103 cm³/mol. The van der Waals surface area contributed by atoms with Gasteiger partial charge in [0.05, 0.1) is 0 Å². The van der Waals surface area contributed by atoms with Gasteiger partial charge in [-0.05, 0) is 37.5 Å². The highest BCUT2D eigenvalue weighted by molar-refractivity contribution is 8.13. The summed E-state index contributed by atoms with van der Waals surface area (Å²) in [5.41, 5.74) is 2.12. The van der Waals surface area contributed by atoms with Crippen LogP contribution in [0.15, 0.2) is 24.3 Å². The highest BCUT2D eigenvalue weighted by atomic mass is 32.2. The van der Waals surface area contributed by atoms with Gasteiger partial charge in [0.1, 0.15) is 0 Å². The first-order valence-electron chi connectivity index (χ1n) is 8.34. The average Bonchev–Trinajstić information content (AvgIpc) is 2.48. The fraction of sp³-hybridized carbons (Fsp3) is 0.556. The molecule has 1 unspecified atom stereocenters. The molecular weight excluding hydrogens is 324 g/mol. The van der Waals surface area contributed by atoms with Crippen molar-refractivity contribution in [3.05, 3.63) is 29.8 Å². The molecular formula is C18H30N2O3S. The summed E-state index contributed by atoms with van der Waals surface area (Å²) in [6, 6.07) is 7.85. The van der Waals surface area contributed by atoms with E-state index in [9.17, 15) is 9.59 Å². The van der Waals surface area contributed by atoms with Gasteiger partial charge in [-0.2, -0.15) is 0 Å². The van der Waals surface area contributed by atoms with Gasteiger partial charge >= 0.3 is 6.09 Å². The zero-order valence-electron chi connectivity index (χ0n) is 15.1. The first kappa shape index (κ1) is 22.3. The largest absolute Gasteiger partial charge is 0.465 e. The van der Waals surface area contributed by atoms with Crippen molar-refractivity contribution in [1.29, 1.82) is 0 Å². The molecule has 1 atom stereocenters. The second kappa shape index (κ2) is 13.7. The lowest BCUT2D eigenvalue weighted by Gasteiger charge is -2.12. The van der Waals surface area contributed by atoms with E-state index in [1.54, 1.807) is 6.92 Å². The number of thioether (sulfide) groups is 1. The van der Waals surface area contributed by atoms with Crippen molar-refractivity contribution in [2.75, 3.05) is 17.6 Å². The molecule has 0 bridgehead atoms. The Labute approximate surface area is 149 Å². The van der Waals surface area contributed by atoms with Crippen LogP contribution in [-0.4, -0.2) is 34.7 Å². The van der Waals surface area contributed by atoms with Gasteiger partial charge in [0.25, 0.3) is 0 Å². The van der Waals surface area contributed by atoms with Crippen molar-refractivity contribution >= 4 is 28.7 Å². The van der Waals surface area contributed by atoms with Crippen LogP contribution in [0.5, 0.6) is 0 Å². The van der Waals surface area contributed by atoms with Crippen molar-refractivity contribution in [3.8, 4) is 0 Å². The first-order chi connectivity index (χ1) is 11.4. The second-order valence-corrected chi connectivity index (χ2v) is 6.85. The number of nitrogens with one attached hydrogen (secondary N) is 2. The number of benzene rings is 1. The zero-order chi connectivity index (χ0) is 18.4. The van der Waals surface area contributed by atoms with Crippen molar-refractivity contribution < 1.29 is 14.7 Å². The summed E-state index contributed by atoms with van der Waals surface area (Å²) < 4.78 is 0. The number of hydrogen-bond acceptors (Lipinski definition) is 4. The van der Waals surface area contributed by atoms with Crippen LogP contribution in [0, 0.1) is 0 Å². The van der Waals surface area contributed by atoms with Crippen LogP contribution in [0.3, 0.4) is 0 Å². The maximum atomic E-state index is 10.8. The lowest BCUT2D eigenvalue weighted by atomic mass is 10.1. The lowest BCUT2D eigenvalue weighted by molar-refractivity contribution is -0.109. The van der Waals surface area contributed by atoms with E-state index in [1.165, 1.54) is 18.2 Å². The molecule has 3 N–H and O–H groups in total. The second-order valence-electron chi connectivity index (χ2n) is 5.58. The Hall–Kier alpha value is -1.69. The number of carbonyl (C=O) groups is 2. The third-order valence-electron chi connectivity index (χ3n) is 2.82. The number of rotatable bonds is 8. The summed E-state index contributed by atoms with van der Waals surface area (Å²) >= 11 is 1.35. The highest BCUT2D eigenvalue weighted by Crippen LogP contribution is 2.12.